The van der Waals surface area contributed by atoms with Crippen LogP contribution < -0.4 is 10.7 Å². The SMILES string of the molecule is Cc1cccc2c(=O)c(-c3ccccc3)c(NC(=O)c3ccc(Br)cc3)oc12. The van der Waals surface area contributed by atoms with Gasteiger partial charge in [-0.1, -0.05) is 58.4 Å². The lowest BCUT2D eigenvalue weighted by Gasteiger charge is -2.12. The van der Waals surface area contributed by atoms with Crippen LogP contribution in [0.4, 0.5) is 5.88 Å². The molecule has 0 bridgehead atoms. The van der Waals surface area contributed by atoms with Crippen LogP contribution in [0, 0.1) is 6.92 Å². The lowest BCUT2D eigenvalue weighted by molar-refractivity contribution is 0.102. The molecule has 1 heterocycles. The molecule has 0 atom stereocenters. The van der Waals surface area contributed by atoms with Crippen molar-refractivity contribution in [3.63, 3.8) is 0 Å². The number of rotatable bonds is 3. The maximum Gasteiger partial charge on any atom is 0.257 e. The van der Waals surface area contributed by atoms with Gasteiger partial charge in [-0.3, -0.25) is 14.9 Å². The van der Waals surface area contributed by atoms with Crippen molar-refractivity contribution in [2.24, 2.45) is 0 Å². The van der Waals surface area contributed by atoms with Crippen LogP contribution in [0.5, 0.6) is 0 Å². The monoisotopic (exact) mass is 433 g/mol. The number of fused-ring (bicyclic) bond motifs is 1. The summed E-state index contributed by atoms with van der Waals surface area (Å²) in [6.07, 6.45) is 0. The number of nitrogens with one attached hydrogen (secondary N) is 1. The minimum absolute atomic E-state index is 0.144. The van der Waals surface area contributed by atoms with Gasteiger partial charge in [0.15, 0.2) is 0 Å². The summed E-state index contributed by atoms with van der Waals surface area (Å²) in [6.45, 7) is 1.87. The summed E-state index contributed by atoms with van der Waals surface area (Å²) in [7, 11) is 0. The van der Waals surface area contributed by atoms with Crippen LogP contribution in [0.3, 0.4) is 0 Å². The van der Waals surface area contributed by atoms with E-state index in [9.17, 15) is 9.59 Å². The molecule has 5 heteroatoms. The number of halogens is 1. The van der Waals surface area contributed by atoms with Crippen LogP contribution in [-0.2, 0) is 0 Å². The molecule has 1 N–H and O–H groups in total. The molecule has 0 saturated carbocycles. The third kappa shape index (κ3) is 3.37. The number of carbonyl (C=O) groups is 1. The summed E-state index contributed by atoms with van der Waals surface area (Å²) in [5, 5.41) is 3.27. The third-order valence-corrected chi connectivity index (χ3v) is 5.04. The van der Waals surface area contributed by atoms with Crippen LogP contribution in [0.25, 0.3) is 22.1 Å². The number of benzene rings is 3. The number of hydrogen-bond donors (Lipinski definition) is 1. The summed E-state index contributed by atoms with van der Waals surface area (Å²) >= 11 is 3.36. The quantitative estimate of drug-likeness (QED) is 0.445. The second-order valence-corrected chi connectivity index (χ2v) is 7.33. The Morgan fingerprint density at radius 3 is 2.36 bits per heavy atom. The molecule has 0 unspecified atom stereocenters. The smallest absolute Gasteiger partial charge is 0.257 e. The highest BCUT2D eigenvalue weighted by Gasteiger charge is 2.19. The summed E-state index contributed by atoms with van der Waals surface area (Å²) in [5.74, 6) is -0.202. The van der Waals surface area contributed by atoms with Crippen molar-refractivity contribution in [1.29, 1.82) is 0 Å². The predicted molar refractivity (Wildman–Crippen MR) is 115 cm³/mol. The van der Waals surface area contributed by atoms with E-state index >= 15 is 0 Å². The fraction of sp³-hybridized carbons (Fsp3) is 0.0435. The molecule has 0 aliphatic rings. The van der Waals surface area contributed by atoms with E-state index in [0.29, 0.717) is 27.7 Å². The lowest BCUT2D eigenvalue weighted by atomic mass is 10.0. The van der Waals surface area contributed by atoms with Gasteiger partial charge in [0.25, 0.3) is 5.91 Å². The van der Waals surface area contributed by atoms with E-state index in [1.807, 2.05) is 49.4 Å². The highest BCUT2D eigenvalue weighted by molar-refractivity contribution is 9.10. The molecule has 4 rings (SSSR count). The Kier molecular flexibility index (Phi) is 4.84. The summed E-state index contributed by atoms with van der Waals surface area (Å²) in [6, 6.07) is 21.6. The van der Waals surface area contributed by atoms with Gasteiger partial charge in [0.05, 0.1) is 10.9 Å². The van der Waals surface area contributed by atoms with Gasteiger partial charge in [0.1, 0.15) is 5.58 Å². The molecule has 138 valence electrons. The largest absolute Gasteiger partial charge is 0.439 e. The van der Waals surface area contributed by atoms with Gasteiger partial charge >= 0.3 is 0 Å². The fourth-order valence-corrected chi connectivity index (χ4v) is 3.35. The maximum absolute atomic E-state index is 13.2. The van der Waals surface area contributed by atoms with Crippen molar-refractivity contribution in [2.75, 3.05) is 5.32 Å². The molecule has 1 aromatic heterocycles. The molecule has 3 aromatic carbocycles. The number of para-hydroxylation sites is 1. The van der Waals surface area contributed by atoms with E-state index in [1.165, 1.54) is 0 Å². The Balaban J connectivity index is 1.90. The Bertz CT molecular complexity index is 1230. The number of aryl methyl sites for hydroxylation is 1. The van der Waals surface area contributed by atoms with Gasteiger partial charge in [-0.15, -0.1) is 0 Å². The second-order valence-electron chi connectivity index (χ2n) is 6.41. The number of hydrogen-bond acceptors (Lipinski definition) is 3. The predicted octanol–water partition coefficient (Wildman–Crippen LogP) is 5.78. The molecule has 28 heavy (non-hydrogen) atoms. The molecule has 4 nitrogen and oxygen atoms in total. The normalized spacial score (nSPS) is 10.8. The van der Waals surface area contributed by atoms with Crippen LogP contribution in [0.1, 0.15) is 15.9 Å². The van der Waals surface area contributed by atoms with Crippen molar-refractivity contribution in [2.45, 2.75) is 6.92 Å². The summed E-state index contributed by atoms with van der Waals surface area (Å²) < 4.78 is 6.91. The Morgan fingerprint density at radius 1 is 0.929 bits per heavy atom. The third-order valence-electron chi connectivity index (χ3n) is 4.51. The van der Waals surface area contributed by atoms with Crippen molar-refractivity contribution >= 4 is 38.7 Å². The first-order valence-corrected chi connectivity index (χ1v) is 9.52. The zero-order valence-electron chi connectivity index (χ0n) is 15.0. The highest BCUT2D eigenvalue weighted by atomic mass is 79.9. The molecule has 0 fully saturated rings. The highest BCUT2D eigenvalue weighted by Crippen LogP contribution is 2.30. The Hall–Kier alpha value is -3.18. The van der Waals surface area contributed by atoms with Crippen LogP contribution >= 0.6 is 15.9 Å². The van der Waals surface area contributed by atoms with Gasteiger partial charge in [0.2, 0.25) is 11.3 Å². The van der Waals surface area contributed by atoms with Crippen LogP contribution in [-0.4, -0.2) is 5.91 Å². The van der Waals surface area contributed by atoms with Crippen molar-refractivity contribution in [3.8, 4) is 11.1 Å². The first-order chi connectivity index (χ1) is 13.5. The standard InChI is InChI=1S/C23H16BrNO3/c1-14-6-5-9-18-20(26)19(15-7-3-2-4-8-15)23(28-21(14)18)25-22(27)16-10-12-17(24)13-11-16/h2-13H,1H3,(H,25,27). The van der Waals surface area contributed by atoms with E-state index in [2.05, 4.69) is 21.2 Å². The summed E-state index contributed by atoms with van der Waals surface area (Å²) in [4.78, 5) is 26.0. The van der Waals surface area contributed by atoms with Crippen molar-refractivity contribution in [3.05, 3.63) is 98.6 Å². The Labute approximate surface area is 170 Å². The molecular formula is C23H16BrNO3. The van der Waals surface area contributed by atoms with E-state index < -0.39 is 0 Å². The van der Waals surface area contributed by atoms with E-state index in [4.69, 9.17) is 4.42 Å². The molecular weight excluding hydrogens is 418 g/mol. The molecule has 4 aromatic rings. The van der Waals surface area contributed by atoms with Gasteiger partial charge in [-0.25, -0.2) is 0 Å². The minimum Gasteiger partial charge on any atom is -0.439 e. The van der Waals surface area contributed by atoms with E-state index in [1.54, 1.807) is 30.3 Å². The average molecular weight is 434 g/mol. The van der Waals surface area contributed by atoms with Crippen LogP contribution in [0.15, 0.2) is 86.5 Å². The zero-order chi connectivity index (χ0) is 19.7. The number of carbonyl (C=O) groups excluding carboxylic acids is 1. The summed E-state index contributed by atoms with van der Waals surface area (Å²) in [5.41, 5.74) is 2.61. The Morgan fingerprint density at radius 2 is 1.64 bits per heavy atom. The van der Waals surface area contributed by atoms with Gasteiger partial charge in [0, 0.05) is 10.0 Å². The van der Waals surface area contributed by atoms with Gasteiger partial charge < -0.3 is 4.42 Å². The molecule has 0 aliphatic heterocycles. The first kappa shape index (κ1) is 18.2. The first-order valence-electron chi connectivity index (χ1n) is 8.73. The topological polar surface area (TPSA) is 59.3 Å². The van der Waals surface area contributed by atoms with Gasteiger partial charge in [-0.05, 0) is 48.4 Å². The number of amides is 1. The van der Waals surface area contributed by atoms with E-state index in [-0.39, 0.29) is 17.2 Å². The molecule has 0 radical (unpaired) electrons. The zero-order valence-corrected chi connectivity index (χ0v) is 16.6. The molecule has 0 saturated heterocycles. The number of anilines is 1. The van der Waals surface area contributed by atoms with Crippen LogP contribution in [0.2, 0.25) is 0 Å². The maximum atomic E-state index is 13.2. The lowest BCUT2D eigenvalue weighted by Crippen LogP contribution is -2.16. The molecule has 1 amide bonds. The van der Waals surface area contributed by atoms with Gasteiger partial charge in [-0.2, -0.15) is 0 Å². The minimum atomic E-state index is -0.347. The van der Waals surface area contributed by atoms with Crippen molar-refractivity contribution in [1.82, 2.24) is 0 Å². The molecule has 0 aliphatic carbocycles. The molecule has 0 spiro atoms. The fourth-order valence-electron chi connectivity index (χ4n) is 3.09. The second kappa shape index (κ2) is 7.44. The van der Waals surface area contributed by atoms with E-state index in [0.717, 1.165) is 10.0 Å². The van der Waals surface area contributed by atoms with Crippen molar-refractivity contribution < 1.29 is 9.21 Å². The average Bonchev–Trinajstić information content (AvgIpc) is 2.70.